The number of para-hydroxylation sites is 1. The van der Waals surface area contributed by atoms with Crippen molar-refractivity contribution in [3.8, 4) is 11.6 Å². The van der Waals surface area contributed by atoms with Crippen LogP contribution < -0.4 is 20.7 Å². The number of allylic oxidation sites excluding steroid dienone is 1. The Morgan fingerprint density at radius 3 is 2.41 bits per heavy atom. The summed E-state index contributed by atoms with van der Waals surface area (Å²) in [5, 5.41) is 12.1. The van der Waals surface area contributed by atoms with Crippen LogP contribution >= 0.6 is 0 Å². The summed E-state index contributed by atoms with van der Waals surface area (Å²) in [6.07, 6.45) is 3.01. The fraction of sp³-hybridized carbons (Fsp3) is 0.0833. The van der Waals surface area contributed by atoms with Crippen molar-refractivity contribution in [2.45, 2.75) is 6.92 Å². The molecule has 0 atom stereocenters. The van der Waals surface area contributed by atoms with E-state index in [0.717, 1.165) is 6.07 Å². The van der Waals surface area contributed by atoms with Crippen molar-refractivity contribution in [2.75, 3.05) is 17.7 Å². The Hall–Kier alpha value is -4.73. The van der Waals surface area contributed by atoms with Gasteiger partial charge in [0.15, 0.2) is 11.6 Å². The molecular formula is C24H21FN6O3. The van der Waals surface area contributed by atoms with Crippen molar-refractivity contribution in [3.05, 3.63) is 90.3 Å². The highest BCUT2D eigenvalue weighted by Crippen LogP contribution is 2.28. The molecule has 4 rings (SSSR count). The summed E-state index contributed by atoms with van der Waals surface area (Å²) in [5.74, 6) is -1.91. The van der Waals surface area contributed by atoms with E-state index in [1.165, 1.54) is 18.5 Å². The summed E-state index contributed by atoms with van der Waals surface area (Å²) in [7, 11) is 1.60. The van der Waals surface area contributed by atoms with Gasteiger partial charge in [0.05, 0.1) is 0 Å². The lowest BCUT2D eigenvalue weighted by Crippen LogP contribution is -2.29. The van der Waals surface area contributed by atoms with E-state index in [0.29, 0.717) is 16.9 Å². The van der Waals surface area contributed by atoms with Gasteiger partial charge in [0.25, 0.3) is 11.8 Å². The second-order valence-corrected chi connectivity index (χ2v) is 7.17. The average Bonchev–Trinajstić information content (AvgIpc) is 3.31. The number of amides is 2. The van der Waals surface area contributed by atoms with Gasteiger partial charge in [-0.05, 0) is 43.3 Å². The van der Waals surface area contributed by atoms with Crippen molar-refractivity contribution in [1.82, 2.24) is 19.9 Å². The van der Waals surface area contributed by atoms with Crippen LogP contribution in [0.5, 0.6) is 11.6 Å². The molecule has 9 nitrogen and oxygen atoms in total. The Kier molecular flexibility index (Phi) is 6.49. The fourth-order valence-electron chi connectivity index (χ4n) is 3.16. The number of anilines is 2. The minimum Gasteiger partial charge on any atom is -0.434 e. The highest BCUT2D eigenvalue weighted by atomic mass is 19.1. The summed E-state index contributed by atoms with van der Waals surface area (Å²) in [6.45, 7) is 1.60. The topological polar surface area (TPSA) is 110 Å². The first-order chi connectivity index (χ1) is 16.5. The Balaban J connectivity index is 1.51. The van der Waals surface area contributed by atoms with Gasteiger partial charge in [-0.3, -0.25) is 9.59 Å². The van der Waals surface area contributed by atoms with Crippen LogP contribution in [0.15, 0.2) is 84.5 Å². The van der Waals surface area contributed by atoms with Gasteiger partial charge in [-0.2, -0.15) is 10.1 Å². The number of carbonyl (C=O) groups is 2. The van der Waals surface area contributed by atoms with Crippen LogP contribution in [-0.2, 0) is 9.59 Å². The Morgan fingerprint density at radius 2 is 1.71 bits per heavy atom. The summed E-state index contributed by atoms with van der Waals surface area (Å²) in [5.41, 5.74) is 1.48. The summed E-state index contributed by atoms with van der Waals surface area (Å²) >= 11 is 0. The molecule has 0 saturated carbocycles. The maximum absolute atomic E-state index is 14.8. The largest absolute Gasteiger partial charge is 0.434 e. The summed E-state index contributed by atoms with van der Waals surface area (Å²) in [6, 6.07) is 16.2. The molecule has 0 spiro atoms. The average molecular weight is 460 g/mol. The smallest absolute Gasteiger partial charge is 0.263 e. The van der Waals surface area contributed by atoms with E-state index >= 15 is 0 Å². The Bertz CT molecular complexity index is 1380. The molecule has 0 aliphatic carbocycles. The molecule has 0 saturated heterocycles. The maximum Gasteiger partial charge on any atom is 0.263 e. The van der Waals surface area contributed by atoms with Crippen LogP contribution in [0.1, 0.15) is 6.92 Å². The number of halogens is 1. The van der Waals surface area contributed by atoms with E-state index in [9.17, 15) is 14.0 Å². The number of hydrogen-bond acceptors (Lipinski definition) is 6. The standard InChI is InChI=1S/C24H21FN6O3/c1-15(26-2)21(22(32)29-16-7-4-3-5-8-16)23(33)30-17-10-11-20(18(25)13-17)34-24-19-9-6-12-31(19)28-14-27-24/h3-14,26H,1-2H3,(H,29,32)(H,30,33)/b21-15+. The molecule has 10 heteroatoms. The normalized spacial score (nSPS) is 11.5. The highest BCUT2D eigenvalue weighted by molar-refractivity contribution is 6.26. The number of rotatable bonds is 7. The van der Waals surface area contributed by atoms with E-state index in [4.69, 9.17) is 4.74 Å². The van der Waals surface area contributed by atoms with Gasteiger partial charge in [0, 0.05) is 36.4 Å². The molecule has 3 N–H and O–H groups in total. The van der Waals surface area contributed by atoms with Crippen LogP contribution in [0.3, 0.4) is 0 Å². The highest BCUT2D eigenvalue weighted by Gasteiger charge is 2.22. The lowest BCUT2D eigenvalue weighted by atomic mass is 10.1. The quantitative estimate of drug-likeness (QED) is 0.220. The number of fused-ring (bicyclic) bond motifs is 1. The van der Waals surface area contributed by atoms with E-state index < -0.39 is 17.6 Å². The van der Waals surface area contributed by atoms with Crippen LogP contribution in [0.25, 0.3) is 5.52 Å². The third kappa shape index (κ3) is 4.85. The fourth-order valence-corrected chi connectivity index (χ4v) is 3.16. The monoisotopic (exact) mass is 460 g/mol. The summed E-state index contributed by atoms with van der Waals surface area (Å²) in [4.78, 5) is 29.7. The van der Waals surface area contributed by atoms with E-state index in [2.05, 4.69) is 26.0 Å². The van der Waals surface area contributed by atoms with Crippen LogP contribution in [0.4, 0.5) is 15.8 Å². The summed E-state index contributed by atoms with van der Waals surface area (Å²) < 4.78 is 21.9. The second kappa shape index (κ2) is 9.82. The number of hydrogen-bond donors (Lipinski definition) is 3. The van der Waals surface area contributed by atoms with E-state index in [-0.39, 0.29) is 22.9 Å². The van der Waals surface area contributed by atoms with E-state index in [1.807, 2.05) is 6.07 Å². The van der Waals surface area contributed by atoms with Crippen molar-refractivity contribution in [1.29, 1.82) is 0 Å². The molecule has 2 aromatic carbocycles. The second-order valence-electron chi connectivity index (χ2n) is 7.17. The van der Waals surface area contributed by atoms with Crippen molar-refractivity contribution >= 4 is 28.7 Å². The number of carbonyl (C=O) groups excluding carboxylic acids is 2. The third-order valence-corrected chi connectivity index (χ3v) is 4.93. The number of ether oxygens (including phenoxy) is 1. The van der Waals surface area contributed by atoms with Crippen LogP contribution in [0.2, 0.25) is 0 Å². The van der Waals surface area contributed by atoms with Crippen molar-refractivity contribution in [2.24, 2.45) is 0 Å². The molecule has 0 fully saturated rings. The van der Waals surface area contributed by atoms with Gasteiger partial charge in [0.1, 0.15) is 17.4 Å². The van der Waals surface area contributed by atoms with Gasteiger partial charge in [0.2, 0.25) is 5.88 Å². The maximum atomic E-state index is 14.8. The number of benzene rings is 2. The molecule has 0 unspecified atom stereocenters. The number of aromatic nitrogens is 3. The van der Waals surface area contributed by atoms with Gasteiger partial charge >= 0.3 is 0 Å². The lowest BCUT2D eigenvalue weighted by Gasteiger charge is -2.14. The molecule has 172 valence electrons. The van der Waals surface area contributed by atoms with Gasteiger partial charge in [-0.1, -0.05) is 18.2 Å². The third-order valence-electron chi connectivity index (χ3n) is 4.93. The first kappa shape index (κ1) is 22.5. The van der Waals surface area contributed by atoms with Gasteiger partial charge in [-0.25, -0.2) is 8.91 Å². The predicted molar refractivity (Wildman–Crippen MR) is 125 cm³/mol. The Labute approximate surface area is 194 Å². The molecule has 0 aliphatic heterocycles. The molecule has 4 aromatic rings. The zero-order valence-corrected chi connectivity index (χ0v) is 18.4. The van der Waals surface area contributed by atoms with Crippen LogP contribution in [0, 0.1) is 5.82 Å². The lowest BCUT2D eigenvalue weighted by molar-refractivity contribution is -0.118. The van der Waals surface area contributed by atoms with Crippen LogP contribution in [-0.4, -0.2) is 33.5 Å². The van der Waals surface area contributed by atoms with E-state index in [1.54, 1.807) is 61.1 Å². The SMILES string of the molecule is CN/C(C)=C(\C(=O)Nc1ccccc1)C(=O)Nc1ccc(Oc2ncnn3cccc23)c(F)c1. The van der Waals surface area contributed by atoms with Crippen molar-refractivity contribution < 1.29 is 18.7 Å². The molecule has 0 bridgehead atoms. The minimum atomic E-state index is -0.717. The van der Waals surface area contributed by atoms with Gasteiger partial charge < -0.3 is 20.7 Å². The molecule has 2 heterocycles. The molecule has 2 amide bonds. The first-order valence-corrected chi connectivity index (χ1v) is 10.3. The zero-order valence-electron chi connectivity index (χ0n) is 18.4. The molecule has 0 radical (unpaired) electrons. The minimum absolute atomic E-state index is 0.0798. The van der Waals surface area contributed by atoms with Crippen molar-refractivity contribution in [3.63, 3.8) is 0 Å². The zero-order chi connectivity index (χ0) is 24.1. The number of nitrogens with one attached hydrogen (secondary N) is 3. The molecule has 0 aliphatic rings. The molecule has 2 aromatic heterocycles. The molecule has 34 heavy (non-hydrogen) atoms. The predicted octanol–water partition coefficient (Wildman–Crippen LogP) is 3.73. The number of nitrogens with zero attached hydrogens (tertiary/aromatic N) is 3. The molecular weight excluding hydrogens is 439 g/mol. The first-order valence-electron chi connectivity index (χ1n) is 10.3. The van der Waals surface area contributed by atoms with Gasteiger partial charge in [-0.15, -0.1) is 0 Å². The Morgan fingerprint density at radius 1 is 0.971 bits per heavy atom.